The fourth-order valence-electron chi connectivity index (χ4n) is 4.13. The standard InChI is InChI=1S/C25H29FN4O2/c1-32-23-15-18-10-11-27-25(28-20-8-5-7-19(26)16-20)21(18)17-22(23)29-24(31)9-6-14-30-12-3-2-4-13-30/h5,7-8,10-11,15-17H,2-4,6,9,12-14H2,1H3,(H,27,28)(H,29,31). The monoisotopic (exact) mass is 436 g/mol. The number of piperidine rings is 1. The van der Waals surface area contributed by atoms with Crippen LogP contribution in [0, 0.1) is 5.82 Å². The summed E-state index contributed by atoms with van der Waals surface area (Å²) in [7, 11) is 1.58. The highest BCUT2D eigenvalue weighted by atomic mass is 19.1. The number of halogens is 1. The van der Waals surface area contributed by atoms with E-state index in [2.05, 4.69) is 20.5 Å². The molecule has 1 amide bonds. The first-order valence-corrected chi connectivity index (χ1v) is 11.1. The quantitative estimate of drug-likeness (QED) is 0.500. The Hall–Kier alpha value is -3.19. The van der Waals surface area contributed by atoms with E-state index in [-0.39, 0.29) is 11.7 Å². The van der Waals surface area contributed by atoms with Crippen molar-refractivity contribution in [2.75, 3.05) is 37.4 Å². The van der Waals surface area contributed by atoms with Crippen LogP contribution in [0.15, 0.2) is 48.7 Å². The Labute approximate surface area is 187 Å². The van der Waals surface area contributed by atoms with Gasteiger partial charge in [0, 0.05) is 23.7 Å². The molecule has 4 rings (SSSR count). The second kappa shape index (κ2) is 10.4. The van der Waals surface area contributed by atoms with Crippen LogP contribution < -0.4 is 15.4 Å². The maximum Gasteiger partial charge on any atom is 0.224 e. The van der Waals surface area contributed by atoms with Gasteiger partial charge in [-0.15, -0.1) is 0 Å². The number of benzene rings is 2. The lowest BCUT2D eigenvalue weighted by Gasteiger charge is -2.26. The molecule has 0 aliphatic carbocycles. The average molecular weight is 437 g/mol. The van der Waals surface area contributed by atoms with Crippen LogP contribution in [0.1, 0.15) is 32.1 Å². The molecule has 0 unspecified atom stereocenters. The van der Waals surface area contributed by atoms with Crippen molar-refractivity contribution >= 4 is 33.9 Å². The van der Waals surface area contributed by atoms with Crippen molar-refractivity contribution in [1.82, 2.24) is 9.88 Å². The average Bonchev–Trinajstić information content (AvgIpc) is 2.80. The zero-order valence-corrected chi connectivity index (χ0v) is 18.4. The third-order valence-electron chi connectivity index (χ3n) is 5.77. The molecule has 0 atom stereocenters. The second-order valence-electron chi connectivity index (χ2n) is 8.12. The smallest absolute Gasteiger partial charge is 0.224 e. The fourth-order valence-corrected chi connectivity index (χ4v) is 4.13. The van der Waals surface area contributed by atoms with E-state index in [1.807, 2.05) is 18.2 Å². The van der Waals surface area contributed by atoms with Gasteiger partial charge in [0.05, 0.1) is 12.8 Å². The minimum atomic E-state index is -0.325. The molecule has 3 aromatic rings. The van der Waals surface area contributed by atoms with E-state index in [0.29, 0.717) is 29.4 Å². The van der Waals surface area contributed by atoms with Crippen molar-refractivity contribution in [3.05, 3.63) is 54.5 Å². The number of ether oxygens (including phenoxy) is 1. The number of rotatable bonds is 8. The van der Waals surface area contributed by atoms with E-state index in [4.69, 9.17) is 4.74 Å². The van der Waals surface area contributed by atoms with Crippen molar-refractivity contribution in [3.8, 4) is 5.75 Å². The molecule has 0 bridgehead atoms. The zero-order valence-electron chi connectivity index (χ0n) is 18.4. The Kier molecular flexibility index (Phi) is 7.17. The molecule has 2 aromatic carbocycles. The van der Waals surface area contributed by atoms with Gasteiger partial charge in [0.15, 0.2) is 0 Å². The number of carbonyl (C=O) groups excluding carboxylic acids is 1. The molecule has 2 heterocycles. The first-order valence-electron chi connectivity index (χ1n) is 11.1. The van der Waals surface area contributed by atoms with Crippen LogP contribution in [0.3, 0.4) is 0 Å². The van der Waals surface area contributed by atoms with Crippen LogP contribution >= 0.6 is 0 Å². The van der Waals surface area contributed by atoms with E-state index < -0.39 is 0 Å². The number of nitrogens with zero attached hydrogens (tertiary/aromatic N) is 2. The minimum absolute atomic E-state index is 0.0387. The molecular weight excluding hydrogens is 407 g/mol. The van der Waals surface area contributed by atoms with E-state index in [1.165, 1.54) is 31.4 Å². The molecule has 7 heteroatoms. The first kappa shape index (κ1) is 22.0. The largest absolute Gasteiger partial charge is 0.495 e. The number of anilines is 3. The zero-order chi connectivity index (χ0) is 22.3. The molecule has 6 nitrogen and oxygen atoms in total. The number of pyridine rings is 1. The van der Waals surface area contributed by atoms with E-state index in [9.17, 15) is 9.18 Å². The number of hydrogen-bond acceptors (Lipinski definition) is 5. The molecule has 32 heavy (non-hydrogen) atoms. The summed E-state index contributed by atoms with van der Waals surface area (Å²) in [5, 5.41) is 7.87. The Balaban J connectivity index is 1.49. The number of aromatic nitrogens is 1. The van der Waals surface area contributed by atoms with E-state index >= 15 is 0 Å². The first-order chi connectivity index (χ1) is 15.6. The van der Waals surface area contributed by atoms with Gasteiger partial charge in [-0.3, -0.25) is 4.79 Å². The van der Waals surface area contributed by atoms with Crippen LogP contribution in [0.5, 0.6) is 5.75 Å². The molecule has 1 saturated heterocycles. The van der Waals surface area contributed by atoms with Gasteiger partial charge >= 0.3 is 0 Å². The van der Waals surface area contributed by atoms with Crippen molar-refractivity contribution in [2.45, 2.75) is 32.1 Å². The molecule has 1 aliphatic rings. The Morgan fingerprint density at radius 3 is 2.78 bits per heavy atom. The van der Waals surface area contributed by atoms with E-state index in [1.54, 1.807) is 25.4 Å². The normalized spacial score (nSPS) is 14.3. The van der Waals surface area contributed by atoms with Crippen LogP contribution in [-0.2, 0) is 4.79 Å². The highest BCUT2D eigenvalue weighted by Crippen LogP contribution is 2.34. The molecule has 1 fully saturated rings. The van der Waals surface area contributed by atoms with Gasteiger partial charge in [-0.05, 0) is 80.7 Å². The topological polar surface area (TPSA) is 66.5 Å². The van der Waals surface area contributed by atoms with Crippen LogP contribution in [-0.4, -0.2) is 42.5 Å². The van der Waals surface area contributed by atoms with Gasteiger partial charge in [-0.2, -0.15) is 0 Å². The number of carbonyl (C=O) groups is 1. The highest BCUT2D eigenvalue weighted by Gasteiger charge is 2.14. The molecule has 1 aromatic heterocycles. The predicted molar refractivity (Wildman–Crippen MR) is 126 cm³/mol. The van der Waals surface area contributed by atoms with Gasteiger partial charge in [0.1, 0.15) is 17.4 Å². The van der Waals surface area contributed by atoms with Crippen molar-refractivity contribution in [2.24, 2.45) is 0 Å². The Bertz CT molecular complexity index is 1080. The summed E-state index contributed by atoms with van der Waals surface area (Å²) in [4.78, 5) is 19.5. The van der Waals surface area contributed by atoms with Crippen LogP contribution in [0.4, 0.5) is 21.6 Å². The van der Waals surface area contributed by atoms with Crippen LogP contribution in [0.2, 0.25) is 0 Å². The second-order valence-corrected chi connectivity index (χ2v) is 8.12. The SMILES string of the molecule is COc1cc2ccnc(Nc3cccc(F)c3)c2cc1NC(=O)CCCN1CCCCC1. The third-order valence-corrected chi connectivity index (χ3v) is 5.77. The predicted octanol–water partition coefficient (Wildman–Crippen LogP) is 5.33. The van der Waals surface area contributed by atoms with E-state index in [0.717, 1.165) is 36.8 Å². The maximum absolute atomic E-state index is 13.6. The van der Waals surface area contributed by atoms with Crippen molar-refractivity contribution in [1.29, 1.82) is 0 Å². The number of amides is 1. The number of fused-ring (bicyclic) bond motifs is 1. The van der Waals surface area contributed by atoms with Gasteiger partial charge in [-0.25, -0.2) is 9.37 Å². The van der Waals surface area contributed by atoms with Crippen molar-refractivity contribution in [3.63, 3.8) is 0 Å². The summed E-state index contributed by atoms with van der Waals surface area (Å²) in [6, 6.07) is 11.8. The molecule has 2 N–H and O–H groups in total. The number of methoxy groups -OCH3 is 1. The Morgan fingerprint density at radius 2 is 2.00 bits per heavy atom. The molecule has 0 radical (unpaired) electrons. The summed E-state index contributed by atoms with van der Waals surface area (Å²) in [5.41, 5.74) is 1.20. The van der Waals surface area contributed by atoms with Crippen LogP contribution in [0.25, 0.3) is 10.8 Å². The lowest BCUT2D eigenvalue weighted by Crippen LogP contribution is -2.31. The van der Waals surface area contributed by atoms with Gasteiger partial charge in [-0.1, -0.05) is 12.5 Å². The summed E-state index contributed by atoms with van der Waals surface area (Å²) >= 11 is 0. The maximum atomic E-state index is 13.6. The summed E-state index contributed by atoms with van der Waals surface area (Å²) in [5.74, 6) is 0.804. The third kappa shape index (κ3) is 5.53. The molecule has 0 saturated carbocycles. The Morgan fingerprint density at radius 1 is 1.16 bits per heavy atom. The van der Waals surface area contributed by atoms with Gasteiger partial charge in [0.25, 0.3) is 0 Å². The number of likely N-dealkylation sites (tertiary alicyclic amines) is 1. The number of nitrogens with one attached hydrogen (secondary N) is 2. The molecule has 1 aliphatic heterocycles. The summed E-state index contributed by atoms with van der Waals surface area (Å²) < 4.78 is 19.1. The number of hydrogen-bond donors (Lipinski definition) is 2. The lowest BCUT2D eigenvalue weighted by atomic mass is 10.1. The molecular formula is C25H29FN4O2. The lowest BCUT2D eigenvalue weighted by molar-refractivity contribution is -0.116. The van der Waals surface area contributed by atoms with Gasteiger partial charge in [0.2, 0.25) is 5.91 Å². The van der Waals surface area contributed by atoms with Crippen molar-refractivity contribution < 1.29 is 13.9 Å². The fraction of sp³-hybridized carbons (Fsp3) is 0.360. The summed E-state index contributed by atoms with van der Waals surface area (Å²) in [6.07, 6.45) is 6.78. The van der Waals surface area contributed by atoms with Gasteiger partial charge < -0.3 is 20.3 Å². The highest BCUT2D eigenvalue weighted by molar-refractivity contribution is 6.01. The summed E-state index contributed by atoms with van der Waals surface area (Å²) in [6.45, 7) is 3.22. The minimum Gasteiger partial charge on any atom is -0.495 e. The molecule has 0 spiro atoms. The molecule has 168 valence electrons.